The third kappa shape index (κ3) is 3.14. The second-order valence-corrected chi connectivity index (χ2v) is 7.99. The van der Waals surface area contributed by atoms with E-state index in [1.807, 2.05) is 0 Å². The van der Waals surface area contributed by atoms with Crippen LogP contribution in [0.3, 0.4) is 0 Å². The van der Waals surface area contributed by atoms with Gasteiger partial charge in [0.25, 0.3) is 0 Å². The van der Waals surface area contributed by atoms with Crippen LogP contribution in [0.1, 0.15) is 37.4 Å². The fourth-order valence-electron chi connectivity index (χ4n) is 2.89. The van der Waals surface area contributed by atoms with Crippen molar-refractivity contribution in [2.45, 2.75) is 49.8 Å². The third-order valence-electron chi connectivity index (χ3n) is 4.37. The lowest BCUT2D eigenvalue weighted by Gasteiger charge is -2.34. The van der Waals surface area contributed by atoms with Crippen molar-refractivity contribution in [2.75, 3.05) is 6.54 Å². The highest BCUT2D eigenvalue weighted by molar-refractivity contribution is 7.89. The lowest BCUT2D eigenvalue weighted by atomic mass is 9.93. The molecule has 134 valence electrons. The van der Waals surface area contributed by atoms with Crippen molar-refractivity contribution in [3.05, 3.63) is 18.0 Å². The summed E-state index contributed by atoms with van der Waals surface area (Å²) in [5.41, 5.74) is -5.04. The predicted molar refractivity (Wildman–Crippen MR) is 77.0 cm³/mol. The number of amides is 1. The van der Waals surface area contributed by atoms with Crippen LogP contribution in [0.4, 0.5) is 13.2 Å². The molecule has 0 bridgehead atoms. The number of sulfonamides is 1. The van der Waals surface area contributed by atoms with E-state index in [2.05, 4.69) is 10.4 Å². The number of aromatic nitrogens is 2. The third-order valence-corrected chi connectivity index (χ3v) is 5.92. The number of halogens is 3. The van der Waals surface area contributed by atoms with Gasteiger partial charge in [0.15, 0.2) is 0 Å². The number of carbonyl (C=O) groups is 1. The van der Waals surface area contributed by atoms with Gasteiger partial charge in [0.05, 0.1) is 24.7 Å². The molecule has 1 saturated carbocycles. The minimum atomic E-state index is -5.44. The molecule has 0 aromatic carbocycles. The molecule has 1 aliphatic carbocycles. The summed E-state index contributed by atoms with van der Waals surface area (Å²) < 4.78 is 63.6. The maximum absolute atomic E-state index is 12.8. The van der Waals surface area contributed by atoms with E-state index in [4.69, 9.17) is 0 Å². The first kappa shape index (κ1) is 17.2. The first-order chi connectivity index (χ1) is 11.2. The minimum Gasteiger partial charge on any atom is -0.353 e. The van der Waals surface area contributed by atoms with E-state index in [1.54, 1.807) is 0 Å². The van der Waals surface area contributed by atoms with Gasteiger partial charge in [-0.15, -0.1) is 0 Å². The van der Waals surface area contributed by atoms with E-state index in [1.165, 1.54) is 16.9 Å². The number of hydrogen-bond acceptors (Lipinski definition) is 4. The van der Waals surface area contributed by atoms with Crippen LogP contribution in [0.5, 0.6) is 0 Å². The van der Waals surface area contributed by atoms with Crippen LogP contribution in [-0.2, 0) is 21.4 Å². The molecule has 0 saturated heterocycles. The van der Waals surface area contributed by atoms with Crippen molar-refractivity contribution in [1.82, 2.24) is 19.4 Å². The number of rotatable bonds is 4. The molecule has 11 heteroatoms. The minimum absolute atomic E-state index is 0.105. The largest absolute Gasteiger partial charge is 0.511 e. The molecule has 1 fully saturated rings. The molecule has 1 atom stereocenters. The van der Waals surface area contributed by atoms with Crippen molar-refractivity contribution >= 4 is 15.9 Å². The Balaban J connectivity index is 1.77. The highest BCUT2D eigenvalue weighted by atomic mass is 32.2. The second kappa shape index (κ2) is 6.03. The van der Waals surface area contributed by atoms with Crippen LogP contribution >= 0.6 is 0 Å². The molecule has 7 nitrogen and oxygen atoms in total. The SMILES string of the molecule is O=C(C[C@@H]1CN(S(=O)(=O)C(F)(F)F)Cc2ccnn21)NC1CCC1. The molecule has 0 radical (unpaired) electrons. The van der Waals surface area contributed by atoms with E-state index < -0.39 is 34.7 Å². The Hall–Kier alpha value is -1.62. The van der Waals surface area contributed by atoms with Gasteiger partial charge in [-0.3, -0.25) is 9.48 Å². The molecule has 0 spiro atoms. The summed E-state index contributed by atoms with van der Waals surface area (Å²) in [4.78, 5) is 12.1. The molecule has 1 aliphatic heterocycles. The smallest absolute Gasteiger partial charge is 0.353 e. The number of alkyl halides is 3. The van der Waals surface area contributed by atoms with E-state index in [0.717, 1.165) is 19.3 Å². The van der Waals surface area contributed by atoms with Crippen LogP contribution in [0.15, 0.2) is 12.3 Å². The van der Waals surface area contributed by atoms with Crippen molar-refractivity contribution in [3.8, 4) is 0 Å². The van der Waals surface area contributed by atoms with Crippen LogP contribution in [0, 0.1) is 0 Å². The summed E-state index contributed by atoms with van der Waals surface area (Å²) in [6.07, 6.45) is 4.08. The molecule has 2 heterocycles. The topological polar surface area (TPSA) is 84.3 Å². The van der Waals surface area contributed by atoms with Gasteiger partial charge in [0.1, 0.15) is 0 Å². The van der Waals surface area contributed by atoms with Crippen LogP contribution in [-0.4, -0.2) is 46.5 Å². The quantitative estimate of drug-likeness (QED) is 0.866. The van der Waals surface area contributed by atoms with E-state index >= 15 is 0 Å². The number of carbonyl (C=O) groups excluding carboxylic acids is 1. The first-order valence-electron chi connectivity index (χ1n) is 7.56. The predicted octanol–water partition coefficient (Wildman–Crippen LogP) is 1.15. The summed E-state index contributed by atoms with van der Waals surface area (Å²) in [7, 11) is -5.44. The van der Waals surface area contributed by atoms with Gasteiger partial charge in [-0.1, -0.05) is 0 Å². The van der Waals surface area contributed by atoms with E-state index in [-0.39, 0.29) is 18.4 Å². The zero-order valence-corrected chi connectivity index (χ0v) is 13.5. The standard InChI is InChI=1S/C13H17F3N4O3S/c14-13(15,16)24(22,23)19-7-10-4-5-17-20(10)11(8-19)6-12(21)18-9-2-1-3-9/h4-5,9,11H,1-3,6-8H2,(H,18,21)/t11-/m1/s1. The Labute approximate surface area is 136 Å². The van der Waals surface area contributed by atoms with Crippen molar-refractivity contribution in [3.63, 3.8) is 0 Å². The molecule has 1 aromatic rings. The molecule has 1 N–H and O–H groups in total. The molecule has 3 rings (SSSR count). The second-order valence-electron chi connectivity index (χ2n) is 6.06. The fourth-order valence-corrected chi connectivity index (χ4v) is 3.85. The molecule has 2 aliphatic rings. The number of nitrogens with zero attached hydrogens (tertiary/aromatic N) is 3. The number of nitrogens with one attached hydrogen (secondary N) is 1. The normalized spacial score (nSPS) is 22.7. The fraction of sp³-hybridized carbons (Fsp3) is 0.692. The molecule has 1 amide bonds. The monoisotopic (exact) mass is 366 g/mol. The first-order valence-corrected chi connectivity index (χ1v) is 9.00. The Bertz CT molecular complexity index is 727. The summed E-state index contributed by atoms with van der Waals surface area (Å²) >= 11 is 0. The van der Waals surface area contributed by atoms with Crippen LogP contribution in [0.25, 0.3) is 0 Å². The van der Waals surface area contributed by atoms with Gasteiger partial charge in [-0.25, -0.2) is 8.42 Å². The lowest BCUT2D eigenvalue weighted by Crippen LogP contribution is -2.48. The van der Waals surface area contributed by atoms with E-state index in [0.29, 0.717) is 10.00 Å². The number of fused-ring (bicyclic) bond motifs is 1. The lowest BCUT2D eigenvalue weighted by molar-refractivity contribution is -0.123. The van der Waals surface area contributed by atoms with Crippen LogP contribution < -0.4 is 5.32 Å². The number of hydrogen-bond donors (Lipinski definition) is 1. The van der Waals surface area contributed by atoms with Gasteiger partial charge in [0, 0.05) is 18.8 Å². The van der Waals surface area contributed by atoms with Gasteiger partial charge in [-0.05, 0) is 25.3 Å². The molecular formula is C13H17F3N4O3S. The average Bonchev–Trinajstić information content (AvgIpc) is 2.90. The molecule has 24 heavy (non-hydrogen) atoms. The summed E-state index contributed by atoms with van der Waals surface area (Å²) in [5, 5.41) is 6.82. The zero-order chi connectivity index (χ0) is 17.5. The van der Waals surface area contributed by atoms with Crippen LogP contribution in [0.2, 0.25) is 0 Å². The Kier molecular flexibility index (Phi) is 4.32. The summed E-state index contributed by atoms with van der Waals surface area (Å²) in [6.45, 7) is -0.850. The maximum Gasteiger partial charge on any atom is 0.511 e. The zero-order valence-electron chi connectivity index (χ0n) is 12.7. The maximum atomic E-state index is 12.8. The summed E-state index contributed by atoms with van der Waals surface area (Å²) in [6, 6.07) is 0.795. The van der Waals surface area contributed by atoms with Gasteiger partial charge in [0.2, 0.25) is 5.91 Å². The van der Waals surface area contributed by atoms with Crippen molar-refractivity contribution in [1.29, 1.82) is 0 Å². The Morgan fingerprint density at radius 2 is 2.08 bits per heavy atom. The summed E-state index contributed by atoms with van der Waals surface area (Å²) in [5.74, 6) is -0.308. The van der Waals surface area contributed by atoms with E-state index in [9.17, 15) is 26.4 Å². The Morgan fingerprint density at radius 1 is 1.38 bits per heavy atom. The van der Waals surface area contributed by atoms with Crippen molar-refractivity contribution in [2.24, 2.45) is 0 Å². The van der Waals surface area contributed by atoms with Gasteiger partial charge in [-0.2, -0.15) is 22.6 Å². The Morgan fingerprint density at radius 3 is 2.67 bits per heavy atom. The van der Waals surface area contributed by atoms with Crippen molar-refractivity contribution < 1.29 is 26.4 Å². The molecule has 0 unspecified atom stereocenters. The average molecular weight is 366 g/mol. The van der Waals surface area contributed by atoms with Gasteiger partial charge >= 0.3 is 15.5 Å². The van der Waals surface area contributed by atoms with Gasteiger partial charge < -0.3 is 5.32 Å². The highest BCUT2D eigenvalue weighted by Gasteiger charge is 2.51. The highest BCUT2D eigenvalue weighted by Crippen LogP contribution is 2.32. The molecular weight excluding hydrogens is 349 g/mol. The molecule has 1 aromatic heterocycles.